The van der Waals surface area contributed by atoms with Gasteiger partial charge in [-0.3, -0.25) is 0 Å². The van der Waals surface area contributed by atoms with Crippen LogP contribution in [0.4, 0.5) is 4.39 Å². The van der Waals surface area contributed by atoms with Crippen molar-refractivity contribution in [3.63, 3.8) is 0 Å². The van der Waals surface area contributed by atoms with Crippen molar-refractivity contribution in [2.24, 2.45) is 0 Å². The molecule has 19 heavy (non-hydrogen) atoms. The maximum absolute atomic E-state index is 13.4. The Kier molecular flexibility index (Phi) is 4.11. The lowest BCUT2D eigenvalue weighted by Gasteiger charge is -2.06. The number of hydrogen-bond acceptors (Lipinski definition) is 5. The van der Waals surface area contributed by atoms with E-state index in [-0.39, 0.29) is 28.9 Å². The Labute approximate surface area is 114 Å². The third-order valence-electron chi connectivity index (χ3n) is 2.19. The summed E-state index contributed by atoms with van der Waals surface area (Å²) >= 11 is 5.71. The van der Waals surface area contributed by atoms with Crippen molar-refractivity contribution < 1.29 is 13.9 Å². The summed E-state index contributed by atoms with van der Waals surface area (Å²) in [6.45, 7) is 3.83. The number of nitrogens with zero attached hydrogens (tertiary/aromatic N) is 3. The number of benzene rings is 1. The summed E-state index contributed by atoms with van der Waals surface area (Å²) in [5.41, 5.74) is 0.524. The first kappa shape index (κ1) is 13.5. The lowest BCUT2D eigenvalue weighted by atomic mass is 10.2. The molecule has 0 aliphatic carbocycles. The fourth-order valence-electron chi connectivity index (χ4n) is 1.30. The van der Waals surface area contributed by atoms with E-state index in [0.29, 0.717) is 12.2 Å². The predicted molar refractivity (Wildman–Crippen MR) is 67.2 cm³/mol. The molecule has 2 aromatic rings. The molecule has 0 atom stereocenters. The number of halogens is 2. The molecule has 100 valence electrons. The standard InChI is InChI=1S/C12H11ClFN3O2/c1-3-18-11-15-10(13)16-12(17-11)19-8-5-4-7(2)9(14)6-8/h4-6H,3H2,1-2H3. The minimum absolute atomic E-state index is 0.0493. The van der Waals surface area contributed by atoms with Gasteiger partial charge < -0.3 is 9.47 Å². The molecule has 1 aromatic carbocycles. The highest BCUT2D eigenvalue weighted by atomic mass is 35.5. The van der Waals surface area contributed by atoms with Gasteiger partial charge in [0.2, 0.25) is 5.28 Å². The summed E-state index contributed by atoms with van der Waals surface area (Å²) in [5.74, 6) is -0.101. The molecule has 2 rings (SSSR count). The molecule has 0 N–H and O–H groups in total. The SMILES string of the molecule is CCOc1nc(Cl)nc(Oc2ccc(C)c(F)c2)n1. The molecule has 0 unspecified atom stereocenters. The highest BCUT2D eigenvalue weighted by Crippen LogP contribution is 2.22. The molecular formula is C12H11ClFN3O2. The maximum atomic E-state index is 13.4. The van der Waals surface area contributed by atoms with Crippen molar-refractivity contribution in [2.75, 3.05) is 6.61 Å². The molecule has 0 aliphatic heterocycles. The van der Waals surface area contributed by atoms with Crippen LogP contribution in [-0.4, -0.2) is 21.6 Å². The van der Waals surface area contributed by atoms with E-state index in [2.05, 4.69) is 15.0 Å². The molecule has 0 fully saturated rings. The fourth-order valence-corrected chi connectivity index (χ4v) is 1.44. The van der Waals surface area contributed by atoms with Crippen molar-refractivity contribution in [1.29, 1.82) is 0 Å². The molecule has 0 aliphatic rings. The second kappa shape index (κ2) is 5.79. The Morgan fingerprint density at radius 2 is 1.95 bits per heavy atom. The van der Waals surface area contributed by atoms with Gasteiger partial charge >= 0.3 is 12.0 Å². The first-order chi connectivity index (χ1) is 9.08. The summed E-state index contributed by atoms with van der Waals surface area (Å²) < 4.78 is 23.8. The molecule has 0 amide bonds. The van der Waals surface area contributed by atoms with Crippen molar-refractivity contribution >= 4 is 11.6 Å². The van der Waals surface area contributed by atoms with Gasteiger partial charge in [-0.25, -0.2) is 4.39 Å². The van der Waals surface area contributed by atoms with Crippen LogP contribution in [-0.2, 0) is 0 Å². The van der Waals surface area contributed by atoms with E-state index in [1.54, 1.807) is 26.0 Å². The lowest BCUT2D eigenvalue weighted by molar-refractivity contribution is 0.303. The number of hydrogen-bond donors (Lipinski definition) is 0. The second-order valence-electron chi connectivity index (χ2n) is 3.62. The van der Waals surface area contributed by atoms with Crippen molar-refractivity contribution in [2.45, 2.75) is 13.8 Å². The fraction of sp³-hybridized carbons (Fsp3) is 0.250. The Hall–Kier alpha value is -1.95. The second-order valence-corrected chi connectivity index (χ2v) is 3.95. The van der Waals surface area contributed by atoms with Crippen LogP contribution in [0.15, 0.2) is 18.2 Å². The number of rotatable bonds is 4. The number of aryl methyl sites for hydroxylation is 1. The average molecular weight is 284 g/mol. The van der Waals surface area contributed by atoms with Gasteiger partial charge in [0.25, 0.3) is 0 Å². The van der Waals surface area contributed by atoms with E-state index in [9.17, 15) is 4.39 Å². The van der Waals surface area contributed by atoms with Gasteiger partial charge in [0, 0.05) is 6.07 Å². The summed E-state index contributed by atoms with van der Waals surface area (Å²) in [6, 6.07) is 4.46. The average Bonchev–Trinajstić information content (AvgIpc) is 2.33. The number of aromatic nitrogens is 3. The smallest absolute Gasteiger partial charge is 0.329 e. The summed E-state index contributed by atoms with van der Waals surface area (Å²) in [6.07, 6.45) is 0. The van der Waals surface area contributed by atoms with E-state index >= 15 is 0 Å². The predicted octanol–water partition coefficient (Wildman–Crippen LogP) is 3.16. The van der Waals surface area contributed by atoms with Gasteiger partial charge in [0.1, 0.15) is 11.6 Å². The number of ether oxygens (including phenoxy) is 2. The molecule has 0 bridgehead atoms. The van der Waals surface area contributed by atoms with Gasteiger partial charge in [0.15, 0.2) is 0 Å². The largest absolute Gasteiger partial charge is 0.464 e. The summed E-state index contributed by atoms with van der Waals surface area (Å²) in [4.78, 5) is 11.4. The molecule has 0 spiro atoms. The topological polar surface area (TPSA) is 57.1 Å². The van der Waals surface area contributed by atoms with E-state index < -0.39 is 0 Å². The molecule has 1 heterocycles. The zero-order valence-electron chi connectivity index (χ0n) is 10.4. The van der Waals surface area contributed by atoms with Crippen LogP contribution >= 0.6 is 11.6 Å². The lowest BCUT2D eigenvalue weighted by Crippen LogP contribution is -2.01. The van der Waals surface area contributed by atoms with Crippen LogP contribution in [0.2, 0.25) is 5.28 Å². The van der Waals surface area contributed by atoms with Gasteiger partial charge in [-0.1, -0.05) is 6.07 Å². The van der Waals surface area contributed by atoms with Crippen LogP contribution in [0.1, 0.15) is 12.5 Å². The minimum atomic E-state index is -0.373. The Balaban J connectivity index is 2.24. The van der Waals surface area contributed by atoms with Crippen molar-refractivity contribution in [3.8, 4) is 17.8 Å². The molecule has 0 radical (unpaired) electrons. The molecular weight excluding hydrogens is 273 g/mol. The third kappa shape index (κ3) is 3.51. The first-order valence-electron chi connectivity index (χ1n) is 5.57. The summed E-state index contributed by atoms with van der Waals surface area (Å²) in [5, 5.41) is -0.0546. The van der Waals surface area contributed by atoms with Gasteiger partial charge in [-0.15, -0.1) is 4.98 Å². The van der Waals surface area contributed by atoms with E-state index in [1.165, 1.54) is 6.07 Å². The van der Waals surface area contributed by atoms with Crippen LogP contribution < -0.4 is 9.47 Å². The monoisotopic (exact) mass is 283 g/mol. The molecule has 5 nitrogen and oxygen atoms in total. The van der Waals surface area contributed by atoms with Crippen LogP contribution in [0, 0.1) is 12.7 Å². The molecule has 0 saturated carbocycles. The van der Waals surface area contributed by atoms with Crippen LogP contribution in [0.5, 0.6) is 17.8 Å². The summed E-state index contributed by atoms with van der Waals surface area (Å²) in [7, 11) is 0. The van der Waals surface area contributed by atoms with Gasteiger partial charge in [-0.05, 0) is 37.1 Å². The maximum Gasteiger partial charge on any atom is 0.329 e. The van der Waals surface area contributed by atoms with E-state index in [4.69, 9.17) is 21.1 Å². The zero-order chi connectivity index (χ0) is 13.8. The Morgan fingerprint density at radius 1 is 1.21 bits per heavy atom. The van der Waals surface area contributed by atoms with E-state index in [1.807, 2.05) is 0 Å². The zero-order valence-corrected chi connectivity index (χ0v) is 11.1. The first-order valence-corrected chi connectivity index (χ1v) is 5.94. The van der Waals surface area contributed by atoms with Crippen LogP contribution in [0.3, 0.4) is 0 Å². The Bertz CT molecular complexity index is 595. The normalized spacial score (nSPS) is 10.3. The molecule has 0 saturated heterocycles. The van der Waals surface area contributed by atoms with Crippen molar-refractivity contribution in [3.05, 3.63) is 34.9 Å². The van der Waals surface area contributed by atoms with Gasteiger partial charge in [-0.2, -0.15) is 9.97 Å². The van der Waals surface area contributed by atoms with E-state index in [0.717, 1.165) is 0 Å². The quantitative estimate of drug-likeness (QED) is 0.862. The van der Waals surface area contributed by atoms with Gasteiger partial charge in [0.05, 0.1) is 6.61 Å². The Morgan fingerprint density at radius 3 is 2.63 bits per heavy atom. The van der Waals surface area contributed by atoms with Crippen molar-refractivity contribution in [1.82, 2.24) is 15.0 Å². The highest BCUT2D eigenvalue weighted by Gasteiger charge is 2.09. The highest BCUT2D eigenvalue weighted by molar-refractivity contribution is 6.28. The van der Waals surface area contributed by atoms with Crippen LogP contribution in [0.25, 0.3) is 0 Å². The minimum Gasteiger partial charge on any atom is -0.464 e. The third-order valence-corrected chi connectivity index (χ3v) is 2.36. The molecule has 1 aromatic heterocycles. The molecule has 7 heteroatoms.